The van der Waals surface area contributed by atoms with E-state index < -0.39 is 17.6 Å². The minimum Gasteiger partial charge on any atom is -0.377 e. The molecule has 0 aliphatic heterocycles. The van der Waals surface area contributed by atoms with Crippen molar-refractivity contribution in [1.82, 2.24) is 10.6 Å². The number of hydrogen-bond donors (Lipinski definition) is 2. The molecule has 0 fully saturated rings. The number of unbranched alkanes of at least 4 members (excludes halogenated alkanes) is 12. The molecule has 0 saturated carbocycles. The topological polar surface area (TPSA) is 79.4 Å². The Morgan fingerprint density at radius 3 is 0.784 bits per heavy atom. The van der Waals surface area contributed by atoms with Gasteiger partial charge in [-0.1, -0.05) is 57.8 Å². The predicted molar refractivity (Wildman–Crippen MR) is 158 cm³/mol. The van der Waals surface area contributed by atoms with Crippen LogP contribution < -0.4 is 10.6 Å². The van der Waals surface area contributed by atoms with Gasteiger partial charge in [-0.05, 0) is 64.7 Å². The van der Waals surface area contributed by atoms with E-state index >= 15 is 0 Å². The Morgan fingerprint density at radius 1 is 0.324 bits per heavy atom. The third-order valence-electron chi connectivity index (χ3n) is 7.25. The molecule has 0 aromatic carbocycles. The van der Waals surface area contributed by atoms with Crippen LogP contribution in [-0.4, -0.2) is 86.4 Å². The molecular weight excluding hydrogens is 504 g/mol. The molecule has 0 unspecified atom stereocenters. The van der Waals surface area contributed by atoms with Crippen molar-refractivity contribution in [3.8, 4) is 0 Å². The summed E-state index contributed by atoms with van der Waals surface area (Å²) >= 11 is 0. The first-order valence-corrected chi connectivity index (χ1v) is 18.7. The molecule has 2 N–H and O–H groups in total. The normalized spacial score (nSPS) is 12.5. The van der Waals surface area contributed by atoms with Crippen LogP contribution in [0.4, 0.5) is 0 Å². The first-order chi connectivity index (χ1) is 18.1. The van der Waals surface area contributed by atoms with Crippen LogP contribution in [0, 0.1) is 0 Å². The molecule has 0 saturated heterocycles. The Morgan fingerprint density at radius 2 is 0.541 bits per heavy atom. The highest BCUT2D eigenvalue weighted by Crippen LogP contribution is 2.19. The first-order valence-electron chi connectivity index (χ1n) is 14.8. The molecule has 0 aliphatic rings. The zero-order valence-electron chi connectivity index (χ0n) is 25.3. The van der Waals surface area contributed by atoms with E-state index in [0.29, 0.717) is 0 Å². The van der Waals surface area contributed by atoms with Gasteiger partial charge in [0.05, 0.1) is 0 Å². The van der Waals surface area contributed by atoms with Crippen LogP contribution in [0.3, 0.4) is 0 Å². The van der Waals surface area contributed by atoms with Gasteiger partial charge in [-0.2, -0.15) is 0 Å². The summed E-state index contributed by atoms with van der Waals surface area (Å²) in [6.45, 7) is 4.61. The maximum absolute atomic E-state index is 5.47. The number of rotatable bonds is 30. The molecule has 0 aliphatic carbocycles. The minimum absolute atomic E-state index is 0.911. The van der Waals surface area contributed by atoms with Gasteiger partial charge >= 0.3 is 17.6 Å². The van der Waals surface area contributed by atoms with E-state index in [1.165, 1.54) is 83.5 Å². The molecule has 0 aromatic heterocycles. The van der Waals surface area contributed by atoms with Gasteiger partial charge in [0.2, 0.25) is 0 Å². The molecule has 0 aromatic rings. The second kappa shape index (κ2) is 26.3. The second-order valence-electron chi connectivity index (χ2n) is 9.89. The summed E-state index contributed by atoms with van der Waals surface area (Å²) in [6.07, 6.45) is 19.0. The molecule has 0 spiro atoms. The predicted octanol–water partition coefficient (Wildman–Crippen LogP) is 5.77. The quantitative estimate of drug-likeness (QED) is 0.0838. The lowest BCUT2D eigenvalue weighted by molar-refractivity contribution is 0.122. The average Bonchev–Trinajstić information content (AvgIpc) is 2.94. The summed E-state index contributed by atoms with van der Waals surface area (Å²) in [5, 5.41) is 7.21. The van der Waals surface area contributed by atoms with Crippen LogP contribution in [0.1, 0.15) is 96.3 Å². The molecule has 8 nitrogen and oxygen atoms in total. The molecule has 0 heterocycles. The third kappa shape index (κ3) is 19.8. The molecule has 10 heteroatoms. The third-order valence-corrected chi connectivity index (χ3v) is 12.9. The summed E-state index contributed by atoms with van der Waals surface area (Å²) < 4.78 is 32.8. The zero-order chi connectivity index (χ0) is 27.5. The SMILES string of the molecule is CO[Si](CCCCCCCNCCCCCCCNCCCCCCC[Si](OC)(OC)OC)(OC)OC. The Kier molecular flexibility index (Phi) is 26.4. The van der Waals surface area contributed by atoms with Crippen LogP contribution in [0.25, 0.3) is 0 Å². The van der Waals surface area contributed by atoms with Crippen molar-refractivity contribution in [2.75, 3.05) is 68.8 Å². The van der Waals surface area contributed by atoms with E-state index in [4.69, 9.17) is 26.6 Å². The van der Waals surface area contributed by atoms with Crippen LogP contribution in [0.2, 0.25) is 12.1 Å². The molecule has 0 bridgehead atoms. The smallest absolute Gasteiger partial charge is 0.377 e. The summed E-state index contributed by atoms with van der Waals surface area (Å²) in [4.78, 5) is 0. The second-order valence-corrected chi connectivity index (χ2v) is 16.1. The Labute approximate surface area is 232 Å². The zero-order valence-corrected chi connectivity index (χ0v) is 27.3. The summed E-state index contributed by atoms with van der Waals surface area (Å²) in [5.74, 6) is 0. The molecule has 0 atom stereocenters. The molecular formula is C27H62N2O6Si2. The van der Waals surface area contributed by atoms with E-state index in [1.807, 2.05) is 0 Å². The van der Waals surface area contributed by atoms with Crippen molar-refractivity contribution in [2.45, 2.75) is 108 Å². The number of hydrogen-bond acceptors (Lipinski definition) is 8. The monoisotopic (exact) mass is 566 g/mol. The molecule has 37 heavy (non-hydrogen) atoms. The first kappa shape index (κ1) is 37.1. The van der Waals surface area contributed by atoms with Crippen molar-refractivity contribution < 1.29 is 26.6 Å². The van der Waals surface area contributed by atoms with Gasteiger partial charge in [-0.25, -0.2) is 0 Å². The van der Waals surface area contributed by atoms with Crippen molar-refractivity contribution in [1.29, 1.82) is 0 Å². The largest absolute Gasteiger partial charge is 0.500 e. The maximum Gasteiger partial charge on any atom is 0.500 e. The van der Waals surface area contributed by atoms with Crippen LogP contribution >= 0.6 is 0 Å². The van der Waals surface area contributed by atoms with Gasteiger partial charge in [0.25, 0.3) is 0 Å². The summed E-state index contributed by atoms with van der Waals surface area (Å²) in [6, 6.07) is 1.82. The fraction of sp³-hybridized carbons (Fsp3) is 1.00. The maximum atomic E-state index is 5.47. The average molecular weight is 567 g/mol. The molecule has 0 rings (SSSR count). The van der Waals surface area contributed by atoms with Gasteiger partial charge in [0.1, 0.15) is 0 Å². The lowest BCUT2D eigenvalue weighted by Gasteiger charge is -2.24. The van der Waals surface area contributed by atoms with E-state index in [9.17, 15) is 0 Å². The van der Waals surface area contributed by atoms with Crippen molar-refractivity contribution in [3.63, 3.8) is 0 Å². The van der Waals surface area contributed by atoms with Gasteiger partial charge in [0, 0.05) is 54.7 Å². The van der Waals surface area contributed by atoms with Crippen molar-refractivity contribution in [3.05, 3.63) is 0 Å². The highest BCUT2D eigenvalue weighted by molar-refractivity contribution is 6.60. The highest BCUT2D eigenvalue weighted by Gasteiger charge is 2.37. The van der Waals surface area contributed by atoms with Gasteiger partial charge in [0.15, 0.2) is 0 Å². The molecule has 0 radical (unpaired) electrons. The Balaban J connectivity index is 3.26. The van der Waals surface area contributed by atoms with Gasteiger partial charge in [-0.15, -0.1) is 0 Å². The molecule has 0 amide bonds. The minimum atomic E-state index is -2.37. The van der Waals surface area contributed by atoms with Gasteiger partial charge < -0.3 is 37.2 Å². The standard InChI is InChI=1S/C27H62N2O6Si2/c1-30-36(31-2,32-3)26-20-14-8-12-18-24-28-22-16-10-7-11-17-23-29-25-19-13-9-15-21-27-37(33-4,34-5)35-6/h28-29H,7-27H2,1-6H3. The van der Waals surface area contributed by atoms with E-state index in [2.05, 4.69) is 10.6 Å². The van der Waals surface area contributed by atoms with Crippen LogP contribution in [0.5, 0.6) is 0 Å². The highest BCUT2D eigenvalue weighted by atomic mass is 28.4. The Bertz CT molecular complexity index is 416. The fourth-order valence-electron chi connectivity index (χ4n) is 4.64. The summed E-state index contributed by atoms with van der Waals surface area (Å²) in [7, 11) is 5.41. The van der Waals surface area contributed by atoms with Crippen molar-refractivity contribution >= 4 is 17.6 Å². The molecule has 224 valence electrons. The van der Waals surface area contributed by atoms with Gasteiger partial charge in [-0.3, -0.25) is 0 Å². The van der Waals surface area contributed by atoms with E-state index in [-0.39, 0.29) is 0 Å². The fourth-order valence-corrected chi connectivity index (χ4v) is 8.23. The van der Waals surface area contributed by atoms with E-state index in [0.717, 1.165) is 51.1 Å². The van der Waals surface area contributed by atoms with Crippen molar-refractivity contribution in [2.24, 2.45) is 0 Å². The lowest BCUT2D eigenvalue weighted by Crippen LogP contribution is -2.42. The lowest BCUT2D eigenvalue weighted by atomic mass is 10.1. The Hall–Kier alpha value is 0.114. The van der Waals surface area contributed by atoms with E-state index in [1.54, 1.807) is 42.7 Å². The van der Waals surface area contributed by atoms with Crippen LogP contribution in [-0.2, 0) is 26.6 Å². The summed E-state index contributed by atoms with van der Waals surface area (Å²) in [5.41, 5.74) is 0. The van der Waals surface area contributed by atoms with Crippen LogP contribution in [0.15, 0.2) is 0 Å². The number of nitrogens with one attached hydrogen (secondary N) is 2.